The van der Waals surface area contributed by atoms with E-state index in [4.69, 9.17) is 9.47 Å². The number of hydrogen-bond acceptors (Lipinski definition) is 5. The number of fused-ring (bicyclic) bond motifs is 1. The summed E-state index contributed by atoms with van der Waals surface area (Å²) in [6, 6.07) is 16.3. The molecule has 0 aliphatic carbocycles. The van der Waals surface area contributed by atoms with Crippen molar-refractivity contribution in [2.45, 2.75) is 52.2 Å². The molecule has 6 heteroatoms. The van der Waals surface area contributed by atoms with E-state index in [-0.39, 0.29) is 35.7 Å². The number of pyridine rings is 1. The Morgan fingerprint density at radius 3 is 2.44 bits per heavy atom. The summed E-state index contributed by atoms with van der Waals surface area (Å²) in [6.07, 6.45) is 0.828. The molecule has 0 radical (unpaired) electrons. The number of aromatic hydroxyl groups is 1. The second kappa shape index (κ2) is 8.91. The van der Waals surface area contributed by atoms with Gasteiger partial charge in [-0.15, -0.1) is 0 Å². The van der Waals surface area contributed by atoms with Crippen molar-refractivity contribution in [2.75, 3.05) is 0 Å². The Hall–Kier alpha value is -3.54. The lowest BCUT2D eigenvalue weighted by atomic mass is 9.87. The average molecular weight is 434 g/mol. The van der Waals surface area contributed by atoms with Crippen molar-refractivity contribution in [3.8, 4) is 17.2 Å². The van der Waals surface area contributed by atoms with Crippen molar-refractivity contribution >= 4 is 5.97 Å². The molecule has 1 aliphatic heterocycles. The zero-order chi connectivity index (χ0) is 22.8. The quantitative estimate of drug-likeness (QED) is 0.586. The molecule has 0 saturated heterocycles. The Bertz CT molecular complexity index is 1180. The van der Waals surface area contributed by atoms with Crippen molar-refractivity contribution in [2.24, 2.45) is 0 Å². The molecule has 1 aliphatic rings. The van der Waals surface area contributed by atoms with Gasteiger partial charge >= 0.3 is 5.97 Å². The van der Waals surface area contributed by atoms with Gasteiger partial charge in [0.2, 0.25) is 0 Å². The Labute approximate surface area is 187 Å². The molecule has 32 heavy (non-hydrogen) atoms. The number of carbonyl (C=O) groups excluding carboxylic acids is 1. The van der Waals surface area contributed by atoms with Crippen LogP contribution in [0.4, 0.5) is 0 Å². The van der Waals surface area contributed by atoms with Gasteiger partial charge in [-0.05, 0) is 62.6 Å². The number of nitrogens with zero attached hydrogens (tertiary/aromatic N) is 1. The maximum absolute atomic E-state index is 13.5. The van der Waals surface area contributed by atoms with Crippen molar-refractivity contribution in [1.29, 1.82) is 0 Å². The molecule has 0 bridgehead atoms. The van der Waals surface area contributed by atoms with Crippen LogP contribution >= 0.6 is 0 Å². The van der Waals surface area contributed by atoms with Crippen molar-refractivity contribution < 1.29 is 19.4 Å². The van der Waals surface area contributed by atoms with E-state index in [1.165, 1.54) is 0 Å². The molecule has 3 aromatic rings. The van der Waals surface area contributed by atoms with Gasteiger partial charge in [-0.3, -0.25) is 9.59 Å². The highest BCUT2D eigenvalue weighted by atomic mass is 16.5. The number of rotatable bonds is 6. The molecular formula is C26H27NO5. The average Bonchev–Trinajstić information content (AvgIpc) is 2.74. The molecule has 1 N–H and O–H groups in total. The van der Waals surface area contributed by atoms with Crippen LogP contribution in [0.1, 0.15) is 48.6 Å². The van der Waals surface area contributed by atoms with Crippen molar-refractivity contribution in [3.63, 3.8) is 0 Å². The lowest BCUT2D eigenvalue weighted by molar-refractivity contribution is -0.135. The molecule has 0 spiro atoms. The number of hydrogen-bond donors (Lipinski definition) is 1. The topological polar surface area (TPSA) is 77.8 Å². The van der Waals surface area contributed by atoms with Crippen LogP contribution in [0.2, 0.25) is 0 Å². The second-order valence-corrected chi connectivity index (χ2v) is 8.40. The number of carbonyl (C=O) groups is 1. The molecule has 2 heterocycles. The highest BCUT2D eigenvalue weighted by molar-refractivity contribution is 5.77. The summed E-state index contributed by atoms with van der Waals surface area (Å²) in [5.41, 5.74) is 3.01. The highest BCUT2D eigenvalue weighted by Crippen LogP contribution is 2.37. The summed E-state index contributed by atoms with van der Waals surface area (Å²) in [5, 5.41) is 9.48. The fourth-order valence-corrected chi connectivity index (χ4v) is 4.11. The first-order valence-corrected chi connectivity index (χ1v) is 10.8. The van der Waals surface area contributed by atoms with E-state index < -0.39 is 0 Å². The lowest BCUT2D eigenvalue weighted by Gasteiger charge is -2.26. The largest absolute Gasteiger partial charge is 0.508 e. The Kier molecular flexibility index (Phi) is 6.04. The van der Waals surface area contributed by atoms with Gasteiger partial charge < -0.3 is 19.1 Å². The SMILES string of the molecule is Cc1cc2c(c(=O)n1CCc1ccc(O)cc1)[C@H](c1ccc(OC(C)C)cc1)CC(=O)O2. The summed E-state index contributed by atoms with van der Waals surface area (Å²) in [5.74, 6) is 0.595. The summed E-state index contributed by atoms with van der Waals surface area (Å²) in [6.45, 7) is 6.26. The minimum Gasteiger partial charge on any atom is -0.508 e. The van der Waals surface area contributed by atoms with E-state index in [9.17, 15) is 14.7 Å². The van der Waals surface area contributed by atoms with E-state index >= 15 is 0 Å². The third kappa shape index (κ3) is 4.54. The molecule has 2 aromatic carbocycles. The third-order valence-electron chi connectivity index (χ3n) is 5.66. The minimum atomic E-state index is -0.368. The van der Waals surface area contributed by atoms with Crippen LogP contribution in [0.5, 0.6) is 17.2 Å². The first-order valence-electron chi connectivity index (χ1n) is 10.8. The summed E-state index contributed by atoms with van der Waals surface area (Å²) >= 11 is 0. The molecule has 6 nitrogen and oxygen atoms in total. The van der Waals surface area contributed by atoms with E-state index in [1.807, 2.05) is 57.2 Å². The molecule has 1 aromatic heterocycles. The fraction of sp³-hybridized carbons (Fsp3) is 0.308. The highest BCUT2D eigenvalue weighted by Gasteiger charge is 2.32. The standard InChI is InChI=1S/C26H27NO5/c1-16(2)31-21-10-6-19(7-11-21)22-15-24(29)32-23-14-17(3)27(26(30)25(22)23)13-12-18-4-8-20(28)9-5-18/h4-11,14,16,22,28H,12-13,15H2,1-3H3/t22-/m0/s1. The molecule has 1 atom stereocenters. The van der Waals surface area contributed by atoms with Crippen LogP contribution in [0.25, 0.3) is 0 Å². The smallest absolute Gasteiger partial charge is 0.312 e. The van der Waals surface area contributed by atoms with Gasteiger partial charge in [0.25, 0.3) is 5.56 Å². The zero-order valence-electron chi connectivity index (χ0n) is 18.5. The van der Waals surface area contributed by atoms with E-state index in [2.05, 4.69) is 0 Å². The number of ether oxygens (including phenoxy) is 2. The second-order valence-electron chi connectivity index (χ2n) is 8.40. The van der Waals surface area contributed by atoms with Crippen LogP contribution in [0.3, 0.4) is 0 Å². The van der Waals surface area contributed by atoms with Crippen molar-refractivity contribution in [3.05, 3.63) is 87.3 Å². The van der Waals surface area contributed by atoms with Crippen LogP contribution < -0.4 is 15.0 Å². The van der Waals surface area contributed by atoms with Crippen LogP contribution in [-0.2, 0) is 17.8 Å². The van der Waals surface area contributed by atoms with Gasteiger partial charge in [-0.2, -0.15) is 0 Å². The van der Waals surface area contributed by atoms with E-state index in [0.717, 1.165) is 22.6 Å². The van der Waals surface area contributed by atoms with E-state index in [0.29, 0.717) is 24.3 Å². The molecule has 0 saturated carbocycles. The summed E-state index contributed by atoms with van der Waals surface area (Å²) in [7, 11) is 0. The zero-order valence-corrected chi connectivity index (χ0v) is 18.5. The molecule has 166 valence electrons. The summed E-state index contributed by atoms with van der Waals surface area (Å²) in [4.78, 5) is 25.8. The molecular weight excluding hydrogens is 406 g/mol. The molecule has 0 unspecified atom stereocenters. The van der Waals surface area contributed by atoms with Gasteiger partial charge in [0.1, 0.15) is 17.2 Å². The van der Waals surface area contributed by atoms with Gasteiger partial charge in [0.15, 0.2) is 0 Å². The van der Waals surface area contributed by atoms with Gasteiger partial charge in [-0.1, -0.05) is 24.3 Å². The van der Waals surface area contributed by atoms with Crippen LogP contribution in [0, 0.1) is 6.92 Å². The van der Waals surface area contributed by atoms with Crippen LogP contribution in [-0.4, -0.2) is 21.7 Å². The first kappa shape index (κ1) is 21.7. The maximum atomic E-state index is 13.5. The number of phenols is 1. The van der Waals surface area contributed by atoms with Gasteiger partial charge in [0, 0.05) is 24.2 Å². The number of aryl methyl sites for hydroxylation is 2. The van der Waals surface area contributed by atoms with Gasteiger partial charge in [0.05, 0.1) is 18.1 Å². The summed E-state index contributed by atoms with van der Waals surface area (Å²) < 4.78 is 12.9. The monoisotopic (exact) mass is 433 g/mol. The number of aromatic nitrogens is 1. The predicted octanol–water partition coefficient (Wildman–Crippen LogP) is 4.33. The first-order chi connectivity index (χ1) is 15.3. The maximum Gasteiger partial charge on any atom is 0.312 e. The number of esters is 1. The Balaban J connectivity index is 1.68. The van der Waals surface area contributed by atoms with Crippen molar-refractivity contribution in [1.82, 2.24) is 4.57 Å². The Morgan fingerprint density at radius 2 is 1.78 bits per heavy atom. The van der Waals surface area contributed by atoms with Gasteiger partial charge in [-0.25, -0.2) is 0 Å². The molecule has 0 amide bonds. The van der Waals surface area contributed by atoms with E-state index in [1.54, 1.807) is 22.8 Å². The predicted molar refractivity (Wildman–Crippen MR) is 122 cm³/mol. The lowest BCUT2D eigenvalue weighted by Crippen LogP contribution is -2.33. The normalized spacial score (nSPS) is 15.4. The number of phenolic OH excluding ortho intramolecular Hbond substituents is 1. The molecule has 0 fully saturated rings. The minimum absolute atomic E-state index is 0.0648. The molecule has 4 rings (SSSR count). The fourth-order valence-electron chi connectivity index (χ4n) is 4.11. The number of benzene rings is 2. The Morgan fingerprint density at radius 1 is 1.09 bits per heavy atom. The third-order valence-corrected chi connectivity index (χ3v) is 5.66. The van der Waals surface area contributed by atoms with Crippen LogP contribution in [0.15, 0.2) is 59.4 Å².